The first kappa shape index (κ1) is 17.1. The number of hydrogen-bond donors (Lipinski definition) is 2. The zero-order valence-corrected chi connectivity index (χ0v) is 13.7. The monoisotopic (exact) mass is 369 g/mol. The van der Waals surface area contributed by atoms with Gasteiger partial charge in [-0.2, -0.15) is 5.26 Å². The van der Waals surface area contributed by atoms with E-state index in [0.717, 1.165) is 0 Å². The van der Waals surface area contributed by atoms with Crippen molar-refractivity contribution in [1.82, 2.24) is 4.72 Å². The Morgan fingerprint density at radius 2 is 1.83 bits per heavy atom. The number of nitrogens with zero attached hydrogens (tertiary/aromatic N) is 1. The van der Waals surface area contributed by atoms with Gasteiger partial charge >= 0.3 is 6.03 Å². The number of carbonyl (C=O) groups excluding carboxylic acids is 1. The van der Waals surface area contributed by atoms with Crippen molar-refractivity contribution in [1.29, 1.82) is 5.26 Å². The smallest absolute Gasteiger partial charge is 0.306 e. The molecule has 0 saturated carbocycles. The summed E-state index contributed by atoms with van der Waals surface area (Å²) in [7, 11) is -4.14. The van der Waals surface area contributed by atoms with Crippen LogP contribution in [0.5, 0.6) is 0 Å². The number of carbonyl (C=O) groups is 1. The topological polar surface area (TPSA) is 99.1 Å². The molecule has 0 bridgehead atoms. The van der Waals surface area contributed by atoms with Crippen LogP contribution in [0.4, 0.5) is 10.5 Å². The Kier molecular flexibility index (Phi) is 5.11. The molecule has 2 amide bonds. The predicted molar refractivity (Wildman–Crippen MR) is 87.0 cm³/mol. The van der Waals surface area contributed by atoms with Crippen LogP contribution >= 0.6 is 23.2 Å². The van der Waals surface area contributed by atoms with Crippen molar-refractivity contribution in [3.8, 4) is 6.07 Å². The van der Waals surface area contributed by atoms with E-state index in [9.17, 15) is 13.2 Å². The number of urea groups is 1. The van der Waals surface area contributed by atoms with E-state index in [0.29, 0.717) is 5.02 Å². The minimum atomic E-state index is -4.14. The molecule has 0 aliphatic rings. The van der Waals surface area contributed by atoms with Gasteiger partial charge < -0.3 is 5.32 Å². The molecule has 0 aliphatic carbocycles. The first-order valence-corrected chi connectivity index (χ1v) is 8.35. The van der Waals surface area contributed by atoms with Crippen LogP contribution in [0.25, 0.3) is 0 Å². The lowest BCUT2D eigenvalue weighted by Crippen LogP contribution is -2.34. The van der Waals surface area contributed by atoms with Crippen molar-refractivity contribution in [2.24, 2.45) is 0 Å². The number of hydrogen-bond acceptors (Lipinski definition) is 4. The summed E-state index contributed by atoms with van der Waals surface area (Å²) in [5.74, 6) is 0. The van der Waals surface area contributed by atoms with Crippen LogP contribution in [-0.4, -0.2) is 14.4 Å². The molecule has 2 rings (SSSR count). The molecule has 6 nitrogen and oxygen atoms in total. The number of nitrogens with one attached hydrogen (secondary N) is 2. The fraction of sp³-hybridized carbons (Fsp3) is 0. The normalized spacial score (nSPS) is 10.7. The minimum Gasteiger partial charge on any atom is -0.306 e. The summed E-state index contributed by atoms with van der Waals surface area (Å²) in [6.45, 7) is 0. The van der Waals surface area contributed by atoms with E-state index in [1.54, 1.807) is 6.07 Å². The second-order valence-electron chi connectivity index (χ2n) is 4.29. The van der Waals surface area contributed by atoms with E-state index >= 15 is 0 Å². The summed E-state index contributed by atoms with van der Waals surface area (Å²) < 4.78 is 26.1. The van der Waals surface area contributed by atoms with E-state index in [1.165, 1.54) is 36.4 Å². The molecule has 0 aromatic heterocycles. The van der Waals surface area contributed by atoms with Gasteiger partial charge in [-0.05, 0) is 30.3 Å². The van der Waals surface area contributed by atoms with Crippen molar-refractivity contribution in [2.45, 2.75) is 4.90 Å². The largest absolute Gasteiger partial charge is 0.333 e. The molecule has 2 aromatic carbocycles. The summed E-state index contributed by atoms with van der Waals surface area (Å²) in [6, 6.07) is 10.7. The third-order valence-electron chi connectivity index (χ3n) is 2.70. The summed E-state index contributed by atoms with van der Waals surface area (Å²) in [5, 5.41) is 11.6. The van der Waals surface area contributed by atoms with Crippen molar-refractivity contribution in [2.75, 3.05) is 5.32 Å². The highest BCUT2D eigenvalue weighted by Crippen LogP contribution is 2.21. The summed E-state index contributed by atoms with van der Waals surface area (Å²) in [4.78, 5) is 11.7. The highest BCUT2D eigenvalue weighted by atomic mass is 35.5. The highest BCUT2D eigenvalue weighted by molar-refractivity contribution is 7.90. The molecule has 2 N–H and O–H groups in total. The Morgan fingerprint density at radius 3 is 2.48 bits per heavy atom. The number of rotatable bonds is 3. The Balaban J connectivity index is 2.20. The van der Waals surface area contributed by atoms with Crippen LogP contribution in [0, 0.1) is 11.3 Å². The molecule has 0 radical (unpaired) electrons. The average Bonchev–Trinajstić information content (AvgIpc) is 2.48. The minimum absolute atomic E-state index is 0.0167. The van der Waals surface area contributed by atoms with E-state index < -0.39 is 16.1 Å². The van der Waals surface area contributed by atoms with Crippen LogP contribution in [0.2, 0.25) is 10.0 Å². The number of benzene rings is 2. The number of sulfonamides is 1. The molecule has 0 heterocycles. The number of amides is 2. The quantitative estimate of drug-likeness (QED) is 0.865. The maximum atomic E-state index is 12.1. The standard InChI is InChI=1S/C14H9Cl2N3O3S/c15-10-5-6-12(9(7-10)8-17)18-14(20)19-23(21,22)13-4-2-1-3-11(13)16/h1-7H,(H2,18,19,20). The van der Waals surface area contributed by atoms with E-state index in [4.69, 9.17) is 28.5 Å². The molecular weight excluding hydrogens is 361 g/mol. The van der Waals surface area contributed by atoms with Gasteiger partial charge in [0.15, 0.2) is 0 Å². The molecule has 0 fully saturated rings. The van der Waals surface area contributed by atoms with Gasteiger partial charge in [0.2, 0.25) is 0 Å². The van der Waals surface area contributed by atoms with Gasteiger partial charge in [-0.15, -0.1) is 0 Å². The molecule has 0 atom stereocenters. The molecule has 0 saturated heterocycles. The Labute approximate surface area is 142 Å². The van der Waals surface area contributed by atoms with Gasteiger partial charge in [0.05, 0.1) is 16.3 Å². The van der Waals surface area contributed by atoms with Gasteiger partial charge in [-0.25, -0.2) is 17.9 Å². The lowest BCUT2D eigenvalue weighted by atomic mass is 10.2. The second kappa shape index (κ2) is 6.87. The summed E-state index contributed by atoms with van der Waals surface area (Å²) in [5.41, 5.74) is 0.228. The molecule has 23 heavy (non-hydrogen) atoms. The molecule has 0 unspecified atom stereocenters. The van der Waals surface area contributed by atoms with Gasteiger partial charge in [-0.3, -0.25) is 0 Å². The lowest BCUT2D eigenvalue weighted by Gasteiger charge is -2.10. The third-order valence-corrected chi connectivity index (χ3v) is 4.77. The van der Waals surface area contributed by atoms with E-state index in [2.05, 4.69) is 5.32 Å². The Morgan fingerprint density at radius 1 is 1.13 bits per heavy atom. The van der Waals surface area contributed by atoms with Crippen LogP contribution < -0.4 is 10.0 Å². The maximum absolute atomic E-state index is 12.1. The van der Waals surface area contributed by atoms with Crippen molar-refractivity contribution in [3.63, 3.8) is 0 Å². The van der Waals surface area contributed by atoms with E-state index in [1.807, 2.05) is 10.8 Å². The zero-order chi connectivity index (χ0) is 17.0. The molecule has 118 valence electrons. The third kappa shape index (κ3) is 4.13. The van der Waals surface area contributed by atoms with Gasteiger partial charge in [0.1, 0.15) is 11.0 Å². The van der Waals surface area contributed by atoms with Crippen molar-refractivity contribution in [3.05, 3.63) is 58.1 Å². The molecule has 9 heteroatoms. The predicted octanol–water partition coefficient (Wildman–Crippen LogP) is 3.38. The molecule has 0 spiro atoms. The van der Waals surface area contributed by atoms with Crippen LogP contribution in [0.15, 0.2) is 47.4 Å². The SMILES string of the molecule is N#Cc1cc(Cl)ccc1NC(=O)NS(=O)(=O)c1ccccc1Cl. The first-order valence-electron chi connectivity index (χ1n) is 6.11. The number of halogens is 2. The molecular formula is C14H9Cl2N3O3S. The first-order chi connectivity index (χ1) is 10.8. The lowest BCUT2D eigenvalue weighted by molar-refractivity contribution is 0.256. The summed E-state index contributed by atoms with van der Waals surface area (Å²) in [6.07, 6.45) is 0. The van der Waals surface area contributed by atoms with Crippen LogP contribution in [0.1, 0.15) is 5.56 Å². The Bertz CT molecular complexity index is 908. The Hall–Kier alpha value is -2.27. The van der Waals surface area contributed by atoms with Crippen molar-refractivity contribution < 1.29 is 13.2 Å². The van der Waals surface area contributed by atoms with Crippen LogP contribution in [-0.2, 0) is 10.0 Å². The fourth-order valence-electron chi connectivity index (χ4n) is 1.71. The maximum Gasteiger partial charge on any atom is 0.333 e. The number of nitriles is 1. The van der Waals surface area contributed by atoms with E-state index in [-0.39, 0.29) is 21.2 Å². The highest BCUT2D eigenvalue weighted by Gasteiger charge is 2.20. The fourth-order valence-corrected chi connectivity index (χ4v) is 3.31. The second-order valence-corrected chi connectivity index (χ2v) is 6.79. The average molecular weight is 370 g/mol. The van der Waals surface area contributed by atoms with Crippen molar-refractivity contribution >= 4 is 44.9 Å². The van der Waals surface area contributed by atoms with Crippen LogP contribution in [0.3, 0.4) is 0 Å². The zero-order valence-electron chi connectivity index (χ0n) is 11.4. The summed E-state index contributed by atoms with van der Waals surface area (Å²) >= 11 is 11.6. The molecule has 0 aliphatic heterocycles. The van der Waals surface area contributed by atoms with Gasteiger partial charge in [0, 0.05) is 5.02 Å². The van der Waals surface area contributed by atoms with Gasteiger partial charge in [-0.1, -0.05) is 35.3 Å². The van der Waals surface area contributed by atoms with Gasteiger partial charge in [0.25, 0.3) is 10.0 Å². The number of anilines is 1. The molecule has 2 aromatic rings.